The molecule has 6 heterocycles. The van der Waals surface area contributed by atoms with Gasteiger partial charge in [-0.1, -0.05) is 38.1 Å². The molecular weight excluding hydrogens is 833 g/mol. The van der Waals surface area contributed by atoms with Crippen LogP contribution in [0.15, 0.2) is 84.0 Å². The lowest BCUT2D eigenvalue weighted by molar-refractivity contribution is -0.384. The first-order valence-corrected chi connectivity index (χ1v) is 24.1. The van der Waals surface area contributed by atoms with Gasteiger partial charge in [-0.15, -0.1) is 0 Å². The molecule has 16 heteroatoms. The number of carbonyl (C=O) groups is 1. The van der Waals surface area contributed by atoms with Crippen molar-refractivity contribution in [3.63, 3.8) is 0 Å². The van der Waals surface area contributed by atoms with Gasteiger partial charge in [0.25, 0.3) is 21.6 Å². The molecule has 10 rings (SSSR count). The first-order chi connectivity index (χ1) is 30.8. The minimum atomic E-state index is -4.63. The van der Waals surface area contributed by atoms with Crippen LogP contribution in [0.2, 0.25) is 0 Å². The Morgan fingerprint density at radius 1 is 1.00 bits per heavy atom. The van der Waals surface area contributed by atoms with Gasteiger partial charge in [-0.05, 0) is 112 Å². The summed E-state index contributed by atoms with van der Waals surface area (Å²) in [4.78, 5) is 40.2. The van der Waals surface area contributed by atoms with Crippen molar-refractivity contribution in [2.24, 2.45) is 5.41 Å². The number of benzene rings is 3. The molecular formula is C48H56N8O7S. The van der Waals surface area contributed by atoms with E-state index >= 15 is 0 Å². The average molecular weight is 889 g/mol. The van der Waals surface area contributed by atoms with Crippen LogP contribution in [0.25, 0.3) is 11.0 Å². The number of H-pyrrole nitrogens is 1. The van der Waals surface area contributed by atoms with E-state index < -0.39 is 37.0 Å². The Hall–Kier alpha value is -5.71. The Morgan fingerprint density at radius 2 is 1.78 bits per heavy atom. The molecule has 5 aromatic rings. The predicted molar refractivity (Wildman–Crippen MR) is 245 cm³/mol. The molecule has 15 nitrogen and oxygen atoms in total. The molecule has 4 aliphatic heterocycles. The van der Waals surface area contributed by atoms with Gasteiger partial charge in [-0.25, -0.2) is 18.1 Å². The number of aromatic nitrogens is 2. The second-order valence-corrected chi connectivity index (χ2v) is 20.8. The number of nitrogens with one attached hydrogen (secondary N) is 3. The number of amides is 1. The summed E-state index contributed by atoms with van der Waals surface area (Å²) in [5.74, 6) is 0.111. The number of carbonyl (C=O) groups excluding carboxylic acids is 1. The molecule has 0 unspecified atom stereocenters. The molecule has 336 valence electrons. The summed E-state index contributed by atoms with van der Waals surface area (Å²) in [5, 5.41) is 16.5. The number of fused-ring (bicyclic) bond motifs is 2. The van der Waals surface area contributed by atoms with E-state index in [9.17, 15) is 23.3 Å². The fraction of sp³-hybridized carbons (Fsp3) is 0.458. The predicted octanol–water partition coefficient (Wildman–Crippen LogP) is 8.36. The zero-order valence-electron chi connectivity index (χ0n) is 36.6. The third-order valence-corrected chi connectivity index (χ3v) is 16.0. The van der Waals surface area contributed by atoms with E-state index in [1.165, 1.54) is 42.9 Å². The summed E-state index contributed by atoms with van der Waals surface area (Å²) < 4.78 is 42.5. The highest BCUT2D eigenvalue weighted by atomic mass is 32.2. The van der Waals surface area contributed by atoms with E-state index in [-0.39, 0.29) is 29.4 Å². The topological polar surface area (TPSA) is 175 Å². The fourth-order valence-electron chi connectivity index (χ4n) is 11.0. The molecule has 3 aromatic carbocycles. The lowest BCUT2D eigenvalue weighted by atomic mass is 9.59. The van der Waals surface area contributed by atoms with Crippen molar-refractivity contribution >= 4 is 44.0 Å². The van der Waals surface area contributed by atoms with Crippen LogP contribution in [-0.4, -0.2) is 97.0 Å². The molecule has 1 amide bonds. The number of sulfonamides is 1. The number of anilines is 2. The maximum absolute atomic E-state index is 14.1. The number of likely N-dealkylation sites (tertiary alicyclic amines) is 2. The van der Waals surface area contributed by atoms with E-state index in [0.29, 0.717) is 47.7 Å². The van der Waals surface area contributed by atoms with Crippen molar-refractivity contribution in [1.82, 2.24) is 24.5 Å². The summed E-state index contributed by atoms with van der Waals surface area (Å²) >= 11 is 0. The lowest BCUT2D eigenvalue weighted by Gasteiger charge is -2.56. The van der Waals surface area contributed by atoms with Crippen LogP contribution in [-0.2, 0) is 10.0 Å². The zero-order chi connectivity index (χ0) is 44.4. The summed E-state index contributed by atoms with van der Waals surface area (Å²) in [6.07, 6.45) is 11.7. The van der Waals surface area contributed by atoms with Crippen molar-refractivity contribution in [2.75, 3.05) is 56.6 Å². The van der Waals surface area contributed by atoms with Crippen molar-refractivity contribution in [3.8, 4) is 17.2 Å². The Labute approximate surface area is 373 Å². The zero-order valence-corrected chi connectivity index (χ0v) is 37.5. The van der Waals surface area contributed by atoms with Gasteiger partial charge in [0.05, 0.1) is 27.1 Å². The van der Waals surface area contributed by atoms with Gasteiger partial charge >= 0.3 is 0 Å². The molecule has 1 atom stereocenters. The first-order valence-electron chi connectivity index (χ1n) is 22.6. The molecule has 4 fully saturated rings. The molecule has 1 saturated carbocycles. The van der Waals surface area contributed by atoms with Gasteiger partial charge in [-0.3, -0.25) is 19.8 Å². The summed E-state index contributed by atoms with van der Waals surface area (Å²) in [7, 11) is -2.61. The van der Waals surface area contributed by atoms with Crippen molar-refractivity contribution in [2.45, 2.75) is 93.7 Å². The highest BCUT2D eigenvalue weighted by Gasteiger charge is 2.50. The van der Waals surface area contributed by atoms with E-state index in [1.54, 1.807) is 30.6 Å². The quantitative estimate of drug-likeness (QED) is 0.0904. The number of nitro groups is 1. The normalized spacial score (nSPS) is 21.1. The molecule has 3 N–H and O–H groups in total. The van der Waals surface area contributed by atoms with Crippen LogP contribution in [0.1, 0.15) is 98.7 Å². The van der Waals surface area contributed by atoms with Crippen LogP contribution in [0.4, 0.5) is 17.1 Å². The second kappa shape index (κ2) is 16.4. The molecule has 1 aliphatic carbocycles. The number of piperidine rings is 2. The molecule has 64 heavy (non-hydrogen) atoms. The van der Waals surface area contributed by atoms with Gasteiger partial charge in [-0.2, -0.15) is 0 Å². The van der Waals surface area contributed by atoms with Crippen LogP contribution < -0.4 is 24.4 Å². The molecule has 3 saturated heterocycles. The minimum absolute atomic E-state index is 0.0226. The van der Waals surface area contributed by atoms with Gasteiger partial charge in [0.15, 0.2) is 11.4 Å². The van der Waals surface area contributed by atoms with Crippen LogP contribution in [0.5, 0.6) is 17.2 Å². The van der Waals surface area contributed by atoms with Crippen molar-refractivity contribution in [3.05, 3.63) is 106 Å². The summed E-state index contributed by atoms with van der Waals surface area (Å²) in [6, 6.07) is 21.1. The highest BCUT2D eigenvalue weighted by Crippen LogP contribution is 2.54. The van der Waals surface area contributed by atoms with Crippen molar-refractivity contribution in [1.29, 1.82) is 0 Å². The Kier molecular flexibility index (Phi) is 10.8. The van der Waals surface area contributed by atoms with Crippen molar-refractivity contribution < 1.29 is 27.6 Å². The number of ether oxygens (including phenoxy) is 2. The van der Waals surface area contributed by atoms with Gasteiger partial charge in [0.2, 0.25) is 0 Å². The average Bonchev–Trinajstić information content (AvgIpc) is 3.96. The Bertz CT molecular complexity index is 2720. The smallest absolute Gasteiger partial charge is 0.297 e. The Morgan fingerprint density at radius 3 is 2.55 bits per heavy atom. The SMILES string of the molecule is CC(C)c1ccccc1[C@@H]1CCCN1C1CC2(CCN(c3ccc(C(=O)NS(=O)(=O)c4cc5c(c([N+](=O)[O-])c4)NC4(CCN(C)CC4)CO5)c(Oc4cnc5[nH]ccc5c4)c3)CC2)C1. The molecule has 5 aliphatic rings. The molecule has 0 radical (unpaired) electrons. The third kappa shape index (κ3) is 7.93. The van der Waals surface area contributed by atoms with Gasteiger partial charge in [0, 0.05) is 73.7 Å². The number of pyridine rings is 1. The number of nitro benzene ring substituents is 1. The fourth-order valence-corrected chi connectivity index (χ4v) is 12.0. The number of hydrogen-bond acceptors (Lipinski definition) is 12. The third-order valence-electron chi connectivity index (χ3n) is 14.7. The molecule has 2 aromatic heterocycles. The van der Waals surface area contributed by atoms with Gasteiger partial charge in [0.1, 0.15) is 23.8 Å². The van der Waals surface area contributed by atoms with Gasteiger partial charge < -0.3 is 29.6 Å². The maximum atomic E-state index is 14.1. The first kappa shape index (κ1) is 42.3. The molecule has 0 bridgehead atoms. The largest absolute Gasteiger partial charge is 0.489 e. The molecule has 2 spiro atoms. The van der Waals surface area contributed by atoms with Crippen LogP contribution in [0.3, 0.4) is 0 Å². The number of nitrogens with zero attached hydrogens (tertiary/aromatic N) is 5. The van der Waals surface area contributed by atoms with E-state index in [4.69, 9.17) is 9.47 Å². The monoisotopic (exact) mass is 888 g/mol. The van der Waals surface area contributed by atoms with E-state index in [2.05, 4.69) is 72.8 Å². The van der Waals surface area contributed by atoms with Crippen LogP contribution >= 0.6 is 0 Å². The summed E-state index contributed by atoms with van der Waals surface area (Å²) in [6.45, 7) is 9.21. The standard InChI is InChI=1S/C48H56N8O7S/c1-31(2)37-7-4-5-8-38(37)40-9-6-18-55(40)34-27-47(28-34)13-21-54(22-14-47)33-10-11-39(42(24-33)63-35-23-32-12-17-49-45(32)50-29-35)46(57)52-64(60,61)36-25-41(56(58)59)44-43(26-36)62-30-48(51-44)15-19-53(3)20-16-48/h4-5,7-8,10-12,17,23-26,29,31,34,40,51H,6,9,13-16,18-22,27-28,30H2,1-3H3,(H,49,50)(H,52,57)/t40-/m0/s1. The van der Waals surface area contributed by atoms with E-state index in [0.717, 1.165) is 62.7 Å². The number of rotatable bonds is 10. The maximum Gasteiger partial charge on any atom is 0.297 e. The highest BCUT2D eigenvalue weighted by molar-refractivity contribution is 7.90. The Balaban J connectivity index is 0.866. The van der Waals surface area contributed by atoms with E-state index in [1.807, 2.05) is 19.2 Å². The minimum Gasteiger partial charge on any atom is -0.489 e. The lowest BCUT2D eigenvalue weighted by Crippen LogP contribution is -2.54. The number of hydrogen-bond donors (Lipinski definition) is 3. The number of aromatic amines is 1. The second-order valence-electron chi connectivity index (χ2n) is 19.1. The summed E-state index contributed by atoms with van der Waals surface area (Å²) in [5.41, 5.74) is 3.96. The van der Waals surface area contributed by atoms with Crippen LogP contribution in [0, 0.1) is 15.5 Å².